The predicted octanol–water partition coefficient (Wildman–Crippen LogP) is 2.41. The molecule has 4 nitrogen and oxygen atoms in total. The summed E-state index contributed by atoms with van der Waals surface area (Å²) in [6.45, 7) is 2.58. The molecule has 0 radical (unpaired) electrons. The van der Waals surface area contributed by atoms with Crippen molar-refractivity contribution in [1.29, 1.82) is 0 Å². The van der Waals surface area contributed by atoms with E-state index < -0.39 is 0 Å². The largest absolute Gasteiger partial charge is 0.497 e. The van der Waals surface area contributed by atoms with Crippen molar-refractivity contribution < 1.29 is 4.74 Å². The first kappa shape index (κ1) is 11.4. The average Bonchev–Trinajstić information content (AvgIpc) is 2.37. The lowest BCUT2D eigenvalue weighted by atomic mass is 10.3. The summed E-state index contributed by atoms with van der Waals surface area (Å²) in [5, 5.41) is 3.29. The Balaban J connectivity index is 1.97. The fourth-order valence-electron chi connectivity index (χ4n) is 1.51. The molecule has 1 heterocycles. The first-order valence-corrected chi connectivity index (χ1v) is 5.44. The highest BCUT2D eigenvalue weighted by molar-refractivity contribution is 5.46. The molecule has 1 N–H and O–H groups in total. The monoisotopic (exact) mass is 229 g/mol. The smallest absolute Gasteiger partial charge is 0.125 e. The van der Waals surface area contributed by atoms with E-state index in [-0.39, 0.29) is 0 Å². The Morgan fingerprint density at radius 2 is 1.94 bits per heavy atom. The van der Waals surface area contributed by atoms with Gasteiger partial charge in [-0.15, -0.1) is 0 Å². The van der Waals surface area contributed by atoms with E-state index in [1.807, 2.05) is 37.3 Å². The number of benzene rings is 1. The zero-order valence-corrected chi connectivity index (χ0v) is 9.97. The van der Waals surface area contributed by atoms with Crippen LogP contribution in [0.5, 0.6) is 5.75 Å². The molecular formula is C13H15N3O. The molecule has 1 aromatic carbocycles. The number of aromatic nitrogens is 2. The Hall–Kier alpha value is -2.10. The number of anilines is 1. The van der Waals surface area contributed by atoms with Crippen molar-refractivity contribution in [2.45, 2.75) is 13.5 Å². The quantitative estimate of drug-likeness (QED) is 0.874. The third-order valence-electron chi connectivity index (χ3n) is 2.40. The van der Waals surface area contributed by atoms with E-state index in [1.165, 1.54) is 0 Å². The minimum absolute atomic E-state index is 0.690. The van der Waals surface area contributed by atoms with Crippen LogP contribution in [0.3, 0.4) is 0 Å². The molecule has 0 spiro atoms. The van der Waals surface area contributed by atoms with Crippen LogP contribution in [-0.2, 0) is 6.54 Å². The molecule has 1 aromatic heterocycles. The summed E-state index contributed by atoms with van der Waals surface area (Å²) in [6, 6.07) is 9.71. The van der Waals surface area contributed by atoms with Crippen molar-refractivity contribution in [2.24, 2.45) is 0 Å². The van der Waals surface area contributed by atoms with E-state index in [0.717, 1.165) is 23.0 Å². The molecule has 0 atom stereocenters. The molecule has 0 saturated carbocycles. The highest BCUT2D eigenvalue weighted by Gasteiger charge is 1.97. The van der Waals surface area contributed by atoms with Gasteiger partial charge in [-0.25, -0.2) is 9.97 Å². The number of nitrogens with zero attached hydrogens (tertiary/aromatic N) is 2. The van der Waals surface area contributed by atoms with Crippen molar-refractivity contribution in [3.63, 3.8) is 0 Å². The van der Waals surface area contributed by atoms with Crippen molar-refractivity contribution >= 4 is 5.69 Å². The van der Waals surface area contributed by atoms with Crippen LogP contribution in [-0.4, -0.2) is 17.1 Å². The van der Waals surface area contributed by atoms with Crippen LogP contribution in [0.25, 0.3) is 0 Å². The van der Waals surface area contributed by atoms with E-state index in [1.54, 1.807) is 13.3 Å². The Morgan fingerprint density at radius 1 is 1.18 bits per heavy atom. The van der Waals surface area contributed by atoms with E-state index in [9.17, 15) is 0 Å². The maximum absolute atomic E-state index is 5.10. The van der Waals surface area contributed by atoms with Crippen molar-refractivity contribution in [1.82, 2.24) is 9.97 Å². The molecule has 0 amide bonds. The van der Waals surface area contributed by atoms with Gasteiger partial charge in [0.15, 0.2) is 0 Å². The summed E-state index contributed by atoms with van der Waals surface area (Å²) in [4.78, 5) is 8.39. The Morgan fingerprint density at radius 3 is 2.59 bits per heavy atom. The van der Waals surface area contributed by atoms with Crippen molar-refractivity contribution in [3.8, 4) is 5.75 Å². The minimum atomic E-state index is 0.690. The molecular weight excluding hydrogens is 214 g/mol. The first-order valence-electron chi connectivity index (χ1n) is 5.44. The summed E-state index contributed by atoms with van der Waals surface area (Å²) < 4.78 is 5.10. The zero-order chi connectivity index (χ0) is 12.1. The highest BCUT2D eigenvalue weighted by Crippen LogP contribution is 2.15. The van der Waals surface area contributed by atoms with Crippen LogP contribution in [0.15, 0.2) is 36.5 Å². The second-order valence-electron chi connectivity index (χ2n) is 3.68. The summed E-state index contributed by atoms with van der Waals surface area (Å²) in [6.07, 6.45) is 1.77. The van der Waals surface area contributed by atoms with Gasteiger partial charge in [0.1, 0.15) is 11.6 Å². The summed E-state index contributed by atoms with van der Waals surface area (Å²) in [5.74, 6) is 1.65. The van der Waals surface area contributed by atoms with Crippen LogP contribution in [0.4, 0.5) is 5.69 Å². The van der Waals surface area contributed by atoms with Crippen LogP contribution >= 0.6 is 0 Å². The number of nitrogens with one attached hydrogen (secondary N) is 1. The van der Waals surface area contributed by atoms with Gasteiger partial charge in [-0.3, -0.25) is 0 Å². The number of aryl methyl sites for hydroxylation is 1. The van der Waals surface area contributed by atoms with E-state index in [2.05, 4.69) is 15.3 Å². The molecule has 4 heteroatoms. The average molecular weight is 229 g/mol. The topological polar surface area (TPSA) is 47.0 Å². The summed E-state index contributed by atoms with van der Waals surface area (Å²) >= 11 is 0. The SMILES string of the molecule is COc1ccc(NCc2ccnc(C)n2)cc1. The summed E-state index contributed by atoms with van der Waals surface area (Å²) in [5.41, 5.74) is 2.02. The molecule has 88 valence electrons. The third kappa shape index (κ3) is 3.17. The van der Waals surface area contributed by atoms with Gasteiger partial charge >= 0.3 is 0 Å². The second-order valence-corrected chi connectivity index (χ2v) is 3.68. The molecule has 0 aliphatic heterocycles. The summed E-state index contributed by atoms with van der Waals surface area (Å²) in [7, 11) is 1.66. The Labute approximate surface area is 101 Å². The van der Waals surface area contributed by atoms with E-state index in [4.69, 9.17) is 4.74 Å². The maximum atomic E-state index is 5.10. The fourth-order valence-corrected chi connectivity index (χ4v) is 1.51. The van der Waals surface area contributed by atoms with Gasteiger partial charge in [-0.05, 0) is 37.3 Å². The molecule has 0 fully saturated rings. The Kier molecular flexibility index (Phi) is 3.55. The highest BCUT2D eigenvalue weighted by atomic mass is 16.5. The number of methoxy groups -OCH3 is 1. The van der Waals surface area contributed by atoms with Gasteiger partial charge in [-0.2, -0.15) is 0 Å². The number of ether oxygens (including phenoxy) is 1. The van der Waals surface area contributed by atoms with Gasteiger partial charge in [0, 0.05) is 11.9 Å². The number of rotatable bonds is 4. The standard InChI is InChI=1S/C13H15N3O/c1-10-14-8-7-12(16-10)9-15-11-3-5-13(17-2)6-4-11/h3-8,15H,9H2,1-2H3. The fraction of sp³-hybridized carbons (Fsp3) is 0.231. The molecule has 0 saturated heterocycles. The lowest BCUT2D eigenvalue weighted by Gasteiger charge is -2.07. The van der Waals surface area contributed by atoms with Gasteiger partial charge in [0.05, 0.1) is 19.3 Å². The molecule has 0 aliphatic rings. The van der Waals surface area contributed by atoms with Crippen molar-refractivity contribution in [2.75, 3.05) is 12.4 Å². The first-order chi connectivity index (χ1) is 8.28. The molecule has 17 heavy (non-hydrogen) atoms. The molecule has 0 unspecified atom stereocenters. The second kappa shape index (κ2) is 5.30. The third-order valence-corrected chi connectivity index (χ3v) is 2.40. The van der Waals surface area contributed by atoms with Crippen LogP contribution in [0.1, 0.15) is 11.5 Å². The predicted molar refractivity (Wildman–Crippen MR) is 67.1 cm³/mol. The van der Waals surface area contributed by atoms with E-state index in [0.29, 0.717) is 6.54 Å². The lowest BCUT2D eigenvalue weighted by Crippen LogP contribution is -2.03. The normalized spacial score (nSPS) is 10.0. The maximum Gasteiger partial charge on any atom is 0.125 e. The van der Waals surface area contributed by atoms with Gasteiger partial charge < -0.3 is 10.1 Å². The van der Waals surface area contributed by atoms with Gasteiger partial charge in [0.25, 0.3) is 0 Å². The van der Waals surface area contributed by atoms with E-state index >= 15 is 0 Å². The van der Waals surface area contributed by atoms with Crippen molar-refractivity contribution in [3.05, 3.63) is 48.0 Å². The minimum Gasteiger partial charge on any atom is -0.497 e. The molecule has 2 aromatic rings. The molecule has 0 bridgehead atoms. The zero-order valence-electron chi connectivity index (χ0n) is 9.97. The Bertz CT molecular complexity index is 482. The van der Waals surface area contributed by atoms with Crippen LogP contribution in [0, 0.1) is 6.92 Å². The lowest BCUT2D eigenvalue weighted by molar-refractivity contribution is 0.415. The van der Waals surface area contributed by atoms with Crippen LogP contribution in [0.2, 0.25) is 0 Å². The van der Waals surface area contributed by atoms with Gasteiger partial charge in [0.2, 0.25) is 0 Å². The number of hydrogen-bond donors (Lipinski definition) is 1. The molecule has 0 aliphatic carbocycles. The van der Waals surface area contributed by atoms with Crippen LogP contribution < -0.4 is 10.1 Å². The molecule has 2 rings (SSSR count). The number of hydrogen-bond acceptors (Lipinski definition) is 4. The van der Waals surface area contributed by atoms with Gasteiger partial charge in [-0.1, -0.05) is 0 Å².